The molecule has 0 radical (unpaired) electrons. The Hall–Kier alpha value is -3.43. The summed E-state index contributed by atoms with van der Waals surface area (Å²) in [5.74, 6) is 0.869. The van der Waals surface area contributed by atoms with Crippen LogP contribution in [0, 0.1) is 6.92 Å². The molecule has 1 amide bonds. The van der Waals surface area contributed by atoms with Crippen LogP contribution in [0.25, 0.3) is 10.9 Å². The summed E-state index contributed by atoms with van der Waals surface area (Å²) in [6.07, 6.45) is 5.69. The zero-order valence-corrected chi connectivity index (χ0v) is 20.9. The number of carbonyl (C=O) groups excluding carboxylic acids is 1. The third-order valence-electron chi connectivity index (χ3n) is 7.07. The molecular formula is C27H34N6O3. The molecule has 3 aromatic rings. The Morgan fingerprint density at radius 2 is 1.92 bits per heavy atom. The van der Waals surface area contributed by atoms with Crippen molar-refractivity contribution in [3.63, 3.8) is 0 Å². The smallest absolute Gasteiger partial charge is 0.251 e. The molecule has 36 heavy (non-hydrogen) atoms. The fourth-order valence-electron chi connectivity index (χ4n) is 4.80. The predicted molar refractivity (Wildman–Crippen MR) is 140 cm³/mol. The Morgan fingerprint density at radius 3 is 2.67 bits per heavy atom. The van der Waals surface area contributed by atoms with Crippen molar-refractivity contribution in [3.8, 4) is 11.5 Å². The van der Waals surface area contributed by atoms with Gasteiger partial charge in [-0.1, -0.05) is 6.07 Å². The number of rotatable bonds is 6. The summed E-state index contributed by atoms with van der Waals surface area (Å²) in [7, 11) is 2.09. The van der Waals surface area contributed by atoms with Crippen LogP contribution < -0.4 is 20.7 Å². The molecule has 1 aromatic heterocycles. The lowest BCUT2D eigenvalue weighted by Crippen LogP contribution is -2.43. The van der Waals surface area contributed by atoms with Gasteiger partial charge in [-0.15, -0.1) is 0 Å². The summed E-state index contributed by atoms with van der Waals surface area (Å²) in [5.41, 5.74) is 2.65. The van der Waals surface area contributed by atoms with Gasteiger partial charge in [0.1, 0.15) is 23.1 Å². The van der Waals surface area contributed by atoms with E-state index in [9.17, 15) is 9.90 Å². The van der Waals surface area contributed by atoms with Crippen molar-refractivity contribution >= 4 is 28.4 Å². The van der Waals surface area contributed by atoms with Crippen molar-refractivity contribution in [1.29, 1.82) is 0 Å². The molecule has 0 atom stereocenters. The maximum Gasteiger partial charge on any atom is 0.251 e. The fourth-order valence-corrected chi connectivity index (χ4v) is 4.80. The molecule has 9 heteroatoms. The van der Waals surface area contributed by atoms with Crippen LogP contribution in [0.4, 0.5) is 11.6 Å². The number of phenolic OH excluding ortho intramolecular Hbond substituents is 1. The molecule has 3 heterocycles. The molecule has 0 unspecified atom stereocenters. The van der Waals surface area contributed by atoms with E-state index in [-0.39, 0.29) is 23.8 Å². The predicted octanol–water partition coefficient (Wildman–Crippen LogP) is 3.34. The Bertz CT molecular complexity index is 1240. The highest BCUT2D eigenvalue weighted by molar-refractivity contribution is 5.95. The third-order valence-corrected chi connectivity index (χ3v) is 7.07. The summed E-state index contributed by atoms with van der Waals surface area (Å²) in [5, 5.41) is 21.1. The minimum atomic E-state index is -0.177. The number of aromatic nitrogens is 2. The first kappa shape index (κ1) is 24.3. The second-order valence-corrected chi connectivity index (χ2v) is 9.81. The summed E-state index contributed by atoms with van der Waals surface area (Å²) < 4.78 is 6.31. The number of nitrogens with zero attached hydrogens (tertiary/aromatic N) is 3. The van der Waals surface area contributed by atoms with E-state index < -0.39 is 0 Å². The molecule has 0 bridgehead atoms. The quantitative estimate of drug-likeness (QED) is 0.390. The van der Waals surface area contributed by atoms with E-state index in [4.69, 9.17) is 9.72 Å². The van der Waals surface area contributed by atoms with Crippen LogP contribution in [0.3, 0.4) is 0 Å². The van der Waals surface area contributed by atoms with Crippen LogP contribution in [0.5, 0.6) is 11.5 Å². The topological polar surface area (TPSA) is 112 Å². The third kappa shape index (κ3) is 5.52. The number of amides is 1. The largest absolute Gasteiger partial charge is 0.506 e. The fraction of sp³-hybridized carbons (Fsp3) is 0.444. The van der Waals surface area contributed by atoms with Gasteiger partial charge in [0.05, 0.1) is 5.69 Å². The molecule has 190 valence electrons. The lowest BCUT2D eigenvalue weighted by Gasteiger charge is -2.29. The molecule has 0 aliphatic carbocycles. The molecule has 2 aliphatic rings. The van der Waals surface area contributed by atoms with E-state index in [1.807, 2.05) is 19.1 Å². The second-order valence-electron chi connectivity index (χ2n) is 9.81. The van der Waals surface area contributed by atoms with Crippen molar-refractivity contribution in [2.45, 2.75) is 44.8 Å². The van der Waals surface area contributed by atoms with Crippen molar-refractivity contribution in [2.24, 2.45) is 0 Å². The number of benzene rings is 2. The number of aryl methyl sites for hydroxylation is 1. The van der Waals surface area contributed by atoms with Gasteiger partial charge in [0.25, 0.3) is 5.91 Å². The number of nitrogens with one attached hydrogen (secondary N) is 3. The number of hydrogen-bond acceptors (Lipinski definition) is 8. The van der Waals surface area contributed by atoms with Crippen LogP contribution in [-0.2, 0) is 0 Å². The summed E-state index contributed by atoms with van der Waals surface area (Å²) in [6.45, 7) is 5.85. The lowest BCUT2D eigenvalue weighted by molar-refractivity contribution is 0.0916. The van der Waals surface area contributed by atoms with E-state index in [0.717, 1.165) is 74.1 Å². The van der Waals surface area contributed by atoms with Gasteiger partial charge >= 0.3 is 0 Å². The van der Waals surface area contributed by atoms with Crippen molar-refractivity contribution in [2.75, 3.05) is 38.5 Å². The number of hydrogen-bond donors (Lipinski definition) is 4. The molecule has 2 aliphatic heterocycles. The van der Waals surface area contributed by atoms with Crippen molar-refractivity contribution in [3.05, 3.63) is 47.7 Å². The molecule has 2 saturated heterocycles. The van der Waals surface area contributed by atoms with Crippen LogP contribution in [0.1, 0.15) is 41.6 Å². The number of anilines is 2. The summed E-state index contributed by atoms with van der Waals surface area (Å²) >= 11 is 0. The van der Waals surface area contributed by atoms with Gasteiger partial charge in [0, 0.05) is 23.2 Å². The summed E-state index contributed by atoms with van der Waals surface area (Å²) in [6, 6.07) is 8.99. The molecule has 2 fully saturated rings. The van der Waals surface area contributed by atoms with Crippen LogP contribution in [0.2, 0.25) is 0 Å². The van der Waals surface area contributed by atoms with Gasteiger partial charge in [-0.25, -0.2) is 9.97 Å². The molecule has 2 aromatic carbocycles. The van der Waals surface area contributed by atoms with Gasteiger partial charge in [0.2, 0.25) is 5.95 Å². The standard InChI is InChI=1S/C27H34N6O3/c1-17-3-6-24(36-20-7-11-28-12-8-20)25-21(17)16-29-27(32-25)31-22-5-4-18(15-23(22)34)26(35)30-19-9-13-33(2)14-10-19/h3-6,15-16,19-20,28,34H,7-14H2,1-2H3,(H,30,35)(H,29,31,32). The van der Waals surface area contributed by atoms with Crippen LogP contribution in [0.15, 0.2) is 36.5 Å². The zero-order valence-electron chi connectivity index (χ0n) is 20.9. The first-order valence-electron chi connectivity index (χ1n) is 12.7. The molecule has 5 rings (SSSR count). The minimum absolute atomic E-state index is 0.0369. The molecular weight excluding hydrogens is 456 g/mol. The molecule has 9 nitrogen and oxygen atoms in total. The number of aromatic hydroxyl groups is 1. The molecule has 0 saturated carbocycles. The van der Waals surface area contributed by atoms with Gasteiger partial charge in [-0.3, -0.25) is 4.79 Å². The SMILES string of the molecule is Cc1ccc(OC2CCNCC2)c2nc(Nc3ccc(C(=O)NC4CCN(C)CC4)cc3O)ncc12. The van der Waals surface area contributed by atoms with E-state index in [1.165, 1.54) is 6.07 Å². The van der Waals surface area contributed by atoms with Crippen molar-refractivity contribution in [1.82, 2.24) is 25.5 Å². The van der Waals surface area contributed by atoms with Gasteiger partial charge in [0.15, 0.2) is 0 Å². The first-order valence-corrected chi connectivity index (χ1v) is 12.7. The number of carbonyl (C=O) groups is 1. The van der Waals surface area contributed by atoms with Gasteiger partial charge in [-0.05, 0) is 95.7 Å². The Labute approximate surface area is 211 Å². The normalized spacial score (nSPS) is 17.7. The number of phenols is 1. The average Bonchev–Trinajstić information content (AvgIpc) is 2.89. The lowest BCUT2D eigenvalue weighted by atomic mass is 10.0. The number of likely N-dealkylation sites (tertiary alicyclic amines) is 1. The second kappa shape index (κ2) is 10.7. The van der Waals surface area contributed by atoms with Crippen molar-refractivity contribution < 1.29 is 14.6 Å². The Kier molecular flexibility index (Phi) is 7.20. The van der Waals surface area contributed by atoms with E-state index in [0.29, 0.717) is 17.2 Å². The number of fused-ring (bicyclic) bond motifs is 1. The summed E-state index contributed by atoms with van der Waals surface area (Å²) in [4.78, 5) is 24.1. The monoisotopic (exact) mass is 490 g/mol. The van der Waals surface area contributed by atoms with E-state index >= 15 is 0 Å². The van der Waals surface area contributed by atoms with E-state index in [1.54, 1.807) is 18.3 Å². The first-order chi connectivity index (χ1) is 17.5. The van der Waals surface area contributed by atoms with E-state index in [2.05, 4.69) is 32.9 Å². The maximum absolute atomic E-state index is 12.7. The van der Waals surface area contributed by atoms with Crippen LogP contribution in [-0.4, -0.2) is 71.3 Å². The number of ether oxygens (including phenoxy) is 1. The van der Waals surface area contributed by atoms with Gasteiger partial charge in [-0.2, -0.15) is 0 Å². The maximum atomic E-state index is 12.7. The zero-order chi connectivity index (χ0) is 25.1. The Morgan fingerprint density at radius 1 is 1.14 bits per heavy atom. The minimum Gasteiger partial charge on any atom is -0.506 e. The Balaban J connectivity index is 1.32. The van der Waals surface area contributed by atoms with Crippen LogP contribution >= 0.6 is 0 Å². The highest BCUT2D eigenvalue weighted by atomic mass is 16.5. The molecule has 4 N–H and O–H groups in total. The highest BCUT2D eigenvalue weighted by Crippen LogP contribution is 2.31. The number of piperidine rings is 2. The molecule has 0 spiro atoms. The van der Waals surface area contributed by atoms with Gasteiger partial charge < -0.3 is 30.7 Å². The average molecular weight is 491 g/mol. The highest BCUT2D eigenvalue weighted by Gasteiger charge is 2.20.